The number of amides is 1. The molecule has 1 atom stereocenters. The van der Waals surface area contributed by atoms with E-state index in [0.717, 1.165) is 0 Å². The Bertz CT molecular complexity index is 320. The summed E-state index contributed by atoms with van der Waals surface area (Å²) in [5, 5.41) is 10.6. The van der Waals surface area contributed by atoms with Gasteiger partial charge in [-0.25, -0.2) is 4.99 Å². The maximum atomic E-state index is 11.3. The van der Waals surface area contributed by atoms with Gasteiger partial charge in [0.1, 0.15) is 0 Å². The number of hydrogen-bond donors (Lipinski definition) is 1. The molecule has 5 nitrogen and oxygen atoms in total. The molecule has 0 spiro atoms. The molecule has 1 amide bonds. The summed E-state index contributed by atoms with van der Waals surface area (Å²) in [7, 11) is 0. The number of hydrogen-bond acceptors (Lipinski definition) is 5. The maximum absolute atomic E-state index is 11.3. The Labute approximate surface area is 73.0 Å². The van der Waals surface area contributed by atoms with Gasteiger partial charge >= 0.3 is 0 Å². The van der Waals surface area contributed by atoms with Crippen LogP contribution in [0.3, 0.4) is 0 Å². The minimum absolute atomic E-state index is 0.149. The first-order chi connectivity index (χ1) is 5.81. The van der Waals surface area contributed by atoms with Gasteiger partial charge in [-0.2, -0.15) is 10.2 Å². The fourth-order valence-corrected chi connectivity index (χ4v) is 1.38. The first-order valence-electron chi connectivity index (χ1n) is 3.34. The van der Waals surface area contributed by atoms with Crippen LogP contribution in [0.15, 0.2) is 27.0 Å². The van der Waals surface area contributed by atoms with Crippen molar-refractivity contribution in [2.24, 2.45) is 15.2 Å². The average molecular weight is 182 g/mol. The third kappa shape index (κ3) is 1.04. The van der Waals surface area contributed by atoms with Gasteiger partial charge in [-0.15, -0.1) is 0 Å². The molecule has 0 bridgehead atoms. The standard InChI is InChI=1S/C6H6N4OS/c1-12-6-8-4-3(2-7-10-4)5(11)9-6/h2,4H,1H3,(H,8,9,11). The lowest BCUT2D eigenvalue weighted by molar-refractivity contribution is -0.116. The summed E-state index contributed by atoms with van der Waals surface area (Å²) in [5.74, 6) is -0.149. The zero-order valence-electron chi connectivity index (χ0n) is 6.31. The molecule has 0 radical (unpaired) electrons. The van der Waals surface area contributed by atoms with Gasteiger partial charge in [0.15, 0.2) is 11.3 Å². The molecule has 2 aliphatic rings. The number of nitrogens with zero attached hydrogens (tertiary/aromatic N) is 3. The van der Waals surface area contributed by atoms with Crippen molar-refractivity contribution in [3.05, 3.63) is 11.8 Å². The molecule has 2 rings (SSSR count). The third-order valence-corrected chi connectivity index (χ3v) is 2.16. The molecule has 62 valence electrons. The van der Waals surface area contributed by atoms with E-state index in [1.165, 1.54) is 18.0 Å². The molecular weight excluding hydrogens is 176 g/mol. The van der Waals surface area contributed by atoms with Gasteiger partial charge in [0.25, 0.3) is 5.91 Å². The van der Waals surface area contributed by atoms with Crippen LogP contribution in [0, 0.1) is 0 Å². The molecule has 12 heavy (non-hydrogen) atoms. The van der Waals surface area contributed by atoms with Crippen LogP contribution in [0.5, 0.6) is 0 Å². The Morgan fingerprint density at radius 2 is 2.50 bits per heavy atom. The van der Waals surface area contributed by atoms with Gasteiger partial charge in [-0.1, -0.05) is 11.8 Å². The summed E-state index contributed by atoms with van der Waals surface area (Å²) in [6.45, 7) is 0. The summed E-state index contributed by atoms with van der Waals surface area (Å²) in [4.78, 5) is 15.4. The molecule has 0 aromatic rings. The molecule has 0 saturated heterocycles. The van der Waals surface area contributed by atoms with Crippen LogP contribution >= 0.6 is 11.8 Å². The van der Waals surface area contributed by atoms with Crippen molar-refractivity contribution >= 4 is 22.8 Å². The molecule has 0 saturated carbocycles. The van der Waals surface area contributed by atoms with E-state index in [9.17, 15) is 4.79 Å². The number of aliphatic imine (C=N–C) groups is 1. The molecule has 0 aromatic heterocycles. The van der Waals surface area contributed by atoms with Crippen LogP contribution in [0.25, 0.3) is 0 Å². The maximum Gasteiger partial charge on any atom is 0.258 e. The average Bonchev–Trinajstić information content (AvgIpc) is 2.52. The second kappa shape index (κ2) is 2.71. The predicted molar refractivity (Wildman–Crippen MR) is 45.8 cm³/mol. The number of carbonyl (C=O) groups excluding carboxylic acids is 1. The second-order valence-electron chi connectivity index (χ2n) is 2.28. The summed E-state index contributed by atoms with van der Waals surface area (Å²) in [6.07, 6.45) is 2.89. The van der Waals surface area contributed by atoms with Crippen LogP contribution in [-0.2, 0) is 4.79 Å². The summed E-state index contributed by atoms with van der Waals surface area (Å²) in [6, 6.07) is 0. The van der Waals surface area contributed by atoms with E-state index in [0.29, 0.717) is 10.7 Å². The molecule has 2 heterocycles. The number of azo groups is 1. The van der Waals surface area contributed by atoms with Gasteiger partial charge in [-0.05, 0) is 6.26 Å². The second-order valence-corrected chi connectivity index (χ2v) is 3.08. The molecule has 1 N–H and O–H groups in total. The monoisotopic (exact) mass is 182 g/mol. The van der Waals surface area contributed by atoms with Crippen molar-refractivity contribution in [1.29, 1.82) is 0 Å². The van der Waals surface area contributed by atoms with Crippen LogP contribution in [0.4, 0.5) is 0 Å². The van der Waals surface area contributed by atoms with Gasteiger partial charge < -0.3 is 5.32 Å². The number of carbonyl (C=O) groups is 1. The largest absolute Gasteiger partial charge is 0.301 e. The zero-order chi connectivity index (χ0) is 8.55. The Kier molecular flexibility index (Phi) is 1.69. The van der Waals surface area contributed by atoms with Crippen molar-refractivity contribution < 1.29 is 4.79 Å². The highest BCUT2D eigenvalue weighted by Crippen LogP contribution is 2.20. The van der Waals surface area contributed by atoms with Gasteiger partial charge in [0, 0.05) is 0 Å². The highest BCUT2D eigenvalue weighted by atomic mass is 32.2. The van der Waals surface area contributed by atoms with Gasteiger partial charge in [0.2, 0.25) is 0 Å². The number of amidine groups is 1. The first-order valence-corrected chi connectivity index (χ1v) is 4.57. The SMILES string of the molecule is CSC1=NC2N=NC=C2C(=O)N1. The molecule has 1 unspecified atom stereocenters. The van der Waals surface area contributed by atoms with Crippen LogP contribution in [0.1, 0.15) is 0 Å². The first kappa shape index (κ1) is 7.48. The van der Waals surface area contributed by atoms with Gasteiger partial charge in [-0.3, -0.25) is 4.79 Å². The van der Waals surface area contributed by atoms with E-state index in [1.807, 2.05) is 6.26 Å². The number of rotatable bonds is 0. The summed E-state index contributed by atoms with van der Waals surface area (Å²) in [5.41, 5.74) is 0.521. The van der Waals surface area contributed by atoms with Gasteiger partial charge in [0.05, 0.1) is 11.8 Å². The number of fused-ring (bicyclic) bond motifs is 1. The third-order valence-electron chi connectivity index (χ3n) is 1.57. The number of thioether (sulfide) groups is 1. The van der Waals surface area contributed by atoms with Crippen molar-refractivity contribution in [2.75, 3.05) is 6.26 Å². The topological polar surface area (TPSA) is 66.2 Å². The normalized spacial score (nSPS) is 26.1. The molecule has 0 aromatic carbocycles. The van der Waals surface area contributed by atoms with Crippen LogP contribution < -0.4 is 5.32 Å². The fourth-order valence-electron chi connectivity index (χ4n) is 0.975. The minimum Gasteiger partial charge on any atom is -0.301 e. The van der Waals surface area contributed by atoms with Crippen molar-refractivity contribution in [3.8, 4) is 0 Å². The smallest absolute Gasteiger partial charge is 0.258 e. The van der Waals surface area contributed by atoms with E-state index in [1.54, 1.807) is 0 Å². The van der Waals surface area contributed by atoms with E-state index in [2.05, 4.69) is 20.5 Å². The Morgan fingerprint density at radius 3 is 3.25 bits per heavy atom. The summed E-state index contributed by atoms with van der Waals surface area (Å²) < 4.78 is 0. The van der Waals surface area contributed by atoms with Crippen molar-refractivity contribution in [1.82, 2.24) is 5.32 Å². The van der Waals surface area contributed by atoms with Crippen LogP contribution in [0.2, 0.25) is 0 Å². The molecular formula is C6H6N4OS. The van der Waals surface area contributed by atoms with E-state index >= 15 is 0 Å². The minimum atomic E-state index is -0.402. The number of nitrogens with one attached hydrogen (secondary N) is 1. The molecule has 6 heteroatoms. The molecule has 2 aliphatic heterocycles. The van der Waals surface area contributed by atoms with E-state index < -0.39 is 6.17 Å². The highest BCUT2D eigenvalue weighted by molar-refractivity contribution is 8.13. The Hall–Kier alpha value is -1.17. The highest BCUT2D eigenvalue weighted by Gasteiger charge is 2.28. The molecule has 0 fully saturated rings. The van der Waals surface area contributed by atoms with E-state index in [-0.39, 0.29) is 5.91 Å². The summed E-state index contributed by atoms with van der Waals surface area (Å²) >= 11 is 1.39. The fraction of sp³-hybridized carbons (Fsp3) is 0.333. The van der Waals surface area contributed by atoms with Crippen LogP contribution in [-0.4, -0.2) is 23.5 Å². The predicted octanol–water partition coefficient (Wildman–Crippen LogP) is 0.511. The lowest BCUT2D eigenvalue weighted by atomic mass is 10.2. The lowest BCUT2D eigenvalue weighted by Crippen LogP contribution is -2.37. The molecule has 0 aliphatic carbocycles. The van der Waals surface area contributed by atoms with E-state index in [4.69, 9.17) is 0 Å². The zero-order valence-corrected chi connectivity index (χ0v) is 7.13. The Balaban J connectivity index is 2.34. The lowest BCUT2D eigenvalue weighted by Gasteiger charge is -2.15. The Morgan fingerprint density at radius 1 is 1.67 bits per heavy atom. The van der Waals surface area contributed by atoms with Crippen molar-refractivity contribution in [2.45, 2.75) is 6.17 Å². The van der Waals surface area contributed by atoms with Crippen molar-refractivity contribution in [3.63, 3.8) is 0 Å². The quantitative estimate of drug-likeness (QED) is 0.593.